The molecule has 0 bridgehead atoms. The van der Waals surface area contributed by atoms with E-state index in [9.17, 15) is 0 Å². The fourth-order valence-corrected chi connectivity index (χ4v) is 6.25. The number of anilines is 1. The molecule has 0 atom stereocenters. The lowest BCUT2D eigenvalue weighted by Crippen LogP contribution is -2.36. The molecule has 4 heteroatoms. The van der Waals surface area contributed by atoms with Crippen LogP contribution >= 0.6 is 11.3 Å². The van der Waals surface area contributed by atoms with Crippen LogP contribution in [0.15, 0.2) is 30.3 Å². The maximum atomic E-state index is 5.11. The molecule has 1 aromatic rings. The zero-order valence-electron chi connectivity index (χ0n) is 19.0. The topological polar surface area (TPSA) is 19.1 Å². The number of aromatic nitrogens is 1. The van der Waals surface area contributed by atoms with Crippen LogP contribution in [0.5, 0.6) is 0 Å². The molecule has 0 aromatic heterocycles. The van der Waals surface area contributed by atoms with Gasteiger partial charge in [0.2, 0.25) is 5.36 Å². The van der Waals surface area contributed by atoms with E-state index in [1.807, 2.05) is 11.3 Å². The number of nitrogens with zero attached hydrogens (tertiary/aromatic N) is 3. The molecule has 0 N–H and O–H groups in total. The third-order valence-corrected chi connectivity index (χ3v) is 8.13. The Kier molecular flexibility index (Phi) is 6.54. The van der Waals surface area contributed by atoms with Crippen LogP contribution in [0.3, 0.4) is 0 Å². The number of piperidine rings is 2. The molecule has 0 unspecified atom stereocenters. The highest BCUT2D eigenvalue weighted by atomic mass is 32.1. The minimum Gasteiger partial charge on any atom is -0.371 e. The van der Waals surface area contributed by atoms with E-state index >= 15 is 0 Å². The first-order valence-electron chi connectivity index (χ1n) is 12.5. The summed E-state index contributed by atoms with van der Waals surface area (Å²) in [7, 11) is 0. The fraction of sp³-hybridized carbons (Fsp3) is 0.556. The van der Waals surface area contributed by atoms with Crippen molar-refractivity contribution in [1.82, 2.24) is 9.56 Å². The van der Waals surface area contributed by atoms with Crippen molar-refractivity contribution in [3.63, 3.8) is 0 Å². The van der Waals surface area contributed by atoms with Gasteiger partial charge in [0.25, 0.3) is 0 Å². The third kappa shape index (κ3) is 4.64. The van der Waals surface area contributed by atoms with Gasteiger partial charge in [0.05, 0.1) is 20.8 Å². The van der Waals surface area contributed by atoms with Gasteiger partial charge in [-0.2, -0.15) is 0 Å². The lowest BCUT2D eigenvalue weighted by Gasteiger charge is -2.29. The van der Waals surface area contributed by atoms with Crippen molar-refractivity contribution >= 4 is 27.2 Å². The molecular weight excluding hydrogens is 398 g/mol. The molecule has 1 aromatic carbocycles. The zero-order chi connectivity index (χ0) is 21.0. The van der Waals surface area contributed by atoms with E-state index in [-0.39, 0.29) is 0 Å². The van der Waals surface area contributed by atoms with Crippen molar-refractivity contribution in [2.45, 2.75) is 71.1 Å². The lowest BCUT2D eigenvalue weighted by molar-refractivity contribution is 0.449. The number of hydrogen-bond donors (Lipinski definition) is 0. The highest BCUT2D eigenvalue weighted by Gasteiger charge is 2.19. The van der Waals surface area contributed by atoms with Gasteiger partial charge in [-0.05, 0) is 62.8 Å². The number of benzene rings is 2. The monoisotopic (exact) mass is 434 g/mol. The standard InChI is InChI=1S/C27H36N3S/c1-2-3-6-11-21-18-24-27(20-25(21)30-16-9-5-10-17-30)31-26-19-22(12-13-23(26)28-24)29-14-7-4-8-15-29/h12-13,18-20H,2-11,14-17H2,1H3/q+1. The van der Waals surface area contributed by atoms with Crippen molar-refractivity contribution in [3.05, 3.63) is 41.3 Å². The summed E-state index contributed by atoms with van der Waals surface area (Å²) in [5.41, 5.74) is 5.20. The summed E-state index contributed by atoms with van der Waals surface area (Å²) < 4.78 is 3.96. The van der Waals surface area contributed by atoms with Crippen molar-refractivity contribution in [2.75, 3.05) is 31.1 Å². The van der Waals surface area contributed by atoms with Gasteiger partial charge in [0.15, 0.2) is 0 Å². The van der Waals surface area contributed by atoms with E-state index in [4.69, 9.17) is 4.98 Å². The second-order valence-corrected chi connectivity index (χ2v) is 10.5. The SMILES string of the molecule is CCCCCc1cc2nc3ccc(N4CCCCC4)cc3sc-2cc1=[N+]1CCCCC1. The Hall–Kier alpha value is -1.94. The molecule has 3 aliphatic heterocycles. The number of aryl methyl sites for hydroxylation is 1. The van der Waals surface area contributed by atoms with E-state index in [1.54, 1.807) is 0 Å². The summed E-state index contributed by atoms with van der Waals surface area (Å²) in [6, 6.07) is 11.8. The Morgan fingerprint density at radius 3 is 2.55 bits per heavy atom. The lowest BCUT2D eigenvalue weighted by atomic mass is 10.0. The van der Waals surface area contributed by atoms with Crippen molar-refractivity contribution in [3.8, 4) is 10.6 Å². The minimum absolute atomic E-state index is 1.14. The first kappa shape index (κ1) is 20.9. The van der Waals surface area contributed by atoms with Crippen LogP contribution in [0.4, 0.5) is 5.69 Å². The highest BCUT2D eigenvalue weighted by Crippen LogP contribution is 2.33. The summed E-state index contributed by atoms with van der Waals surface area (Å²) in [5.74, 6) is 0. The van der Waals surface area contributed by atoms with Gasteiger partial charge < -0.3 is 4.90 Å². The van der Waals surface area contributed by atoms with E-state index in [1.165, 1.54) is 122 Å². The van der Waals surface area contributed by atoms with Crippen LogP contribution in [0.25, 0.3) is 20.8 Å². The van der Waals surface area contributed by atoms with Gasteiger partial charge in [0.1, 0.15) is 13.1 Å². The molecule has 0 radical (unpaired) electrons. The highest BCUT2D eigenvalue weighted by molar-refractivity contribution is 7.21. The molecular formula is C27H36N3S+. The number of unbranched alkanes of at least 4 members (excludes halogenated alkanes) is 2. The van der Waals surface area contributed by atoms with E-state index in [0.717, 1.165) is 5.52 Å². The zero-order valence-corrected chi connectivity index (χ0v) is 19.9. The molecule has 1 aliphatic carbocycles. The van der Waals surface area contributed by atoms with Gasteiger partial charge in [0, 0.05) is 43.2 Å². The van der Waals surface area contributed by atoms with Crippen LogP contribution < -0.4 is 14.8 Å². The van der Waals surface area contributed by atoms with E-state index in [2.05, 4.69) is 46.7 Å². The van der Waals surface area contributed by atoms with E-state index in [0.29, 0.717) is 0 Å². The van der Waals surface area contributed by atoms with Crippen LogP contribution in [0.1, 0.15) is 70.3 Å². The molecule has 3 nitrogen and oxygen atoms in total. The molecule has 0 saturated carbocycles. The van der Waals surface area contributed by atoms with Gasteiger partial charge >= 0.3 is 0 Å². The normalized spacial score (nSPS) is 17.6. The van der Waals surface area contributed by atoms with E-state index < -0.39 is 0 Å². The fourth-order valence-electron chi connectivity index (χ4n) is 5.24. The Balaban J connectivity index is 1.59. The Labute approximate surface area is 190 Å². The maximum absolute atomic E-state index is 5.11. The predicted octanol–water partition coefficient (Wildman–Crippen LogP) is 6.08. The van der Waals surface area contributed by atoms with Gasteiger partial charge in [-0.1, -0.05) is 19.8 Å². The maximum Gasteiger partial charge on any atom is 0.204 e. The summed E-state index contributed by atoms with van der Waals surface area (Å²) in [4.78, 5) is 9.00. The van der Waals surface area contributed by atoms with Crippen molar-refractivity contribution < 1.29 is 0 Å². The second-order valence-electron chi connectivity index (χ2n) is 9.37. The summed E-state index contributed by atoms with van der Waals surface area (Å²) in [6.07, 6.45) is 13.1. The molecule has 31 heavy (non-hydrogen) atoms. The van der Waals surface area contributed by atoms with Crippen molar-refractivity contribution in [2.24, 2.45) is 0 Å². The van der Waals surface area contributed by atoms with Crippen LogP contribution in [-0.2, 0) is 6.42 Å². The molecule has 0 amide bonds. The van der Waals surface area contributed by atoms with Crippen molar-refractivity contribution in [1.29, 1.82) is 0 Å². The van der Waals surface area contributed by atoms with Crippen LogP contribution in [-0.4, -0.2) is 31.2 Å². The van der Waals surface area contributed by atoms with Crippen LogP contribution in [0, 0.1) is 0 Å². The van der Waals surface area contributed by atoms with Gasteiger partial charge in [-0.15, -0.1) is 11.3 Å². The molecule has 0 spiro atoms. The quantitative estimate of drug-likeness (QED) is 0.275. The second kappa shape index (κ2) is 9.68. The number of hydrogen-bond acceptors (Lipinski definition) is 3. The van der Waals surface area contributed by atoms with Gasteiger partial charge in [-0.25, -0.2) is 9.56 Å². The third-order valence-electron chi connectivity index (χ3n) is 7.03. The summed E-state index contributed by atoms with van der Waals surface area (Å²) in [6.45, 7) is 7.09. The number of rotatable bonds is 5. The molecule has 2 fully saturated rings. The first-order chi connectivity index (χ1) is 15.3. The Bertz CT molecular complexity index is 1070. The summed E-state index contributed by atoms with van der Waals surface area (Å²) >= 11 is 1.93. The summed E-state index contributed by atoms with van der Waals surface area (Å²) in [5, 5.41) is 1.48. The average Bonchev–Trinajstić information content (AvgIpc) is 2.83. The average molecular weight is 435 g/mol. The smallest absolute Gasteiger partial charge is 0.204 e. The number of fused-ring (bicyclic) bond motifs is 2. The Morgan fingerprint density at radius 1 is 0.935 bits per heavy atom. The molecule has 5 rings (SSSR count). The molecule has 2 saturated heterocycles. The molecule has 3 heterocycles. The largest absolute Gasteiger partial charge is 0.371 e. The molecule has 4 aliphatic rings. The molecule has 164 valence electrons. The Morgan fingerprint density at radius 2 is 1.74 bits per heavy atom. The minimum atomic E-state index is 1.14. The predicted molar refractivity (Wildman–Crippen MR) is 134 cm³/mol. The van der Waals surface area contributed by atoms with Crippen LogP contribution in [0.2, 0.25) is 0 Å². The van der Waals surface area contributed by atoms with Gasteiger partial charge in [-0.3, -0.25) is 0 Å². The first-order valence-corrected chi connectivity index (χ1v) is 13.3.